The molecule has 25 heavy (non-hydrogen) atoms. The number of benzene rings is 1. The van der Waals surface area contributed by atoms with Crippen LogP contribution in [-0.2, 0) is 11.3 Å². The molecule has 0 saturated carbocycles. The molecule has 0 unspecified atom stereocenters. The third-order valence-electron chi connectivity index (χ3n) is 4.02. The van der Waals surface area contributed by atoms with Crippen LogP contribution in [-0.4, -0.2) is 15.8 Å². The van der Waals surface area contributed by atoms with Gasteiger partial charge in [-0.3, -0.25) is 4.79 Å². The van der Waals surface area contributed by atoms with Crippen LogP contribution in [0.15, 0.2) is 59.9 Å². The second-order valence-corrected chi connectivity index (χ2v) is 6.30. The van der Waals surface area contributed by atoms with Crippen molar-refractivity contribution in [2.45, 2.75) is 25.8 Å². The van der Waals surface area contributed by atoms with E-state index in [1.807, 2.05) is 42.5 Å². The van der Waals surface area contributed by atoms with Gasteiger partial charge in [-0.2, -0.15) is 0 Å². The smallest absolute Gasteiger partial charge is 0.167 e. The number of pyridine rings is 1. The molecule has 4 N–H and O–H groups in total. The third-order valence-corrected chi connectivity index (χ3v) is 4.33. The summed E-state index contributed by atoms with van der Waals surface area (Å²) in [7, 11) is 0. The van der Waals surface area contributed by atoms with Gasteiger partial charge in [0.1, 0.15) is 10.8 Å². The van der Waals surface area contributed by atoms with Crippen LogP contribution in [0, 0.1) is 0 Å². The SMILES string of the molecule is Nc1cc(CNC2=C(C(=S)Nc3ccccc3)C(=O)CCC2)ccn1. The van der Waals surface area contributed by atoms with Gasteiger partial charge < -0.3 is 16.4 Å². The number of anilines is 2. The zero-order valence-corrected chi connectivity index (χ0v) is 14.6. The molecule has 0 amide bonds. The van der Waals surface area contributed by atoms with Gasteiger partial charge in [-0.05, 0) is 42.7 Å². The molecule has 3 rings (SSSR count). The van der Waals surface area contributed by atoms with Crippen LogP contribution in [0.5, 0.6) is 0 Å². The quantitative estimate of drug-likeness (QED) is 0.717. The van der Waals surface area contributed by atoms with Crippen LogP contribution < -0.4 is 16.4 Å². The summed E-state index contributed by atoms with van der Waals surface area (Å²) in [5, 5.41) is 6.52. The average molecular weight is 352 g/mol. The summed E-state index contributed by atoms with van der Waals surface area (Å²) in [6.07, 6.45) is 3.84. The number of hydrogen-bond donors (Lipinski definition) is 3. The number of para-hydroxylation sites is 1. The Labute approximate surface area is 152 Å². The first-order chi connectivity index (χ1) is 12.1. The molecule has 1 heterocycles. The summed E-state index contributed by atoms with van der Waals surface area (Å²) in [5.41, 5.74) is 9.08. The lowest BCUT2D eigenvalue weighted by Crippen LogP contribution is -2.28. The molecule has 1 aliphatic carbocycles. The minimum Gasteiger partial charge on any atom is -0.384 e. The zero-order chi connectivity index (χ0) is 17.6. The van der Waals surface area contributed by atoms with E-state index in [1.54, 1.807) is 6.20 Å². The molecule has 0 bridgehead atoms. The van der Waals surface area contributed by atoms with Crippen LogP contribution >= 0.6 is 12.2 Å². The lowest BCUT2D eigenvalue weighted by Gasteiger charge is -2.22. The number of carbonyl (C=O) groups excluding carboxylic acids is 1. The third kappa shape index (κ3) is 4.42. The summed E-state index contributed by atoms with van der Waals surface area (Å²) in [6, 6.07) is 13.4. The Hall–Kier alpha value is -2.73. The lowest BCUT2D eigenvalue weighted by atomic mass is 9.94. The van der Waals surface area contributed by atoms with E-state index in [4.69, 9.17) is 18.0 Å². The number of nitrogen functional groups attached to an aromatic ring is 1. The number of carbonyl (C=O) groups is 1. The van der Waals surface area contributed by atoms with E-state index >= 15 is 0 Å². The zero-order valence-electron chi connectivity index (χ0n) is 13.8. The number of Topliss-reactive ketones (excluding diaryl/α,β-unsaturated/α-hetero) is 1. The molecule has 128 valence electrons. The number of hydrogen-bond acceptors (Lipinski definition) is 5. The van der Waals surface area contributed by atoms with Crippen molar-refractivity contribution in [1.29, 1.82) is 0 Å². The van der Waals surface area contributed by atoms with Crippen molar-refractivity contribution in [3.05, 3.63) is 65.5 Å². The van der Waals surface area contributed by atoms with E-state index in [-0.39, 0.29) is 5.78 Å². The second-order valence-electron chi connectivity index (χ2n) is 5.89. The molecule has 0 saturated heterocycles. The van der Waals surface area contributed by atoms with Crippen LogP contribution in [0.2, 0.25) is 0 Å². The molecule has 0 radical (unpaired) electrons. The fourth-order valence-electron chi connectivity index (χ4n) is 2.81. The summed E-state index contributed by atoms with van der Waals surface area (Å²) in [6.45, 7) is 0.576. The minimum absolute atomic E-state index is 0.0800. The van der Waals surface area contributed by atoms with Gasteiger partial charge in [0.25, 0.3) is 0 Å². The number of nitrogens with one attached hydrogen (secondary N) is 2. The molecule has 0 atom stereocenters. The first-order valence-corrected chi connectivity index (χ1v) is 8.61. The second kappa shape index (κ2) is 7.90. The number of allylic oxidation sites excluding steroid dienone is 1. The Morgan fingerprint density at radius 2 is 2.00 bits per heavy atom. The average Bonchev–Trinajstić information content (AvgIpc) is 2.61. The molecule has 1 aromatic carbocycles. The van der Waals surface area contributed by atoms with Gasteiger partial charge >= 0.3 is 0 Å². The van der Waals surface area contributed by atoms with E-state index in [2.05, 4.69) is 15.6 Å². The standard InChI is InChI=1S/C19H20N4OS/c20-17-11-13(9-10-21-17)12-22-15-7-4-8-16(24)18(15)19(25)23-14-5-2-1-3-6-14/h1-3,5-6,9-11,22H,4,7-8,12H2,(H2,20,21)(H,23,25). The van der Waals surface area contributed by atoms with E-state index in [0.29, 0.717) is 29.3 Å². The highest BCUT2D eigenvalue weighted by Gasteiger charge is 2.24. The molecule has 1 aliphatic rings. The fraction of sp³-hybridized carbons (Fsp3) is 0.211. The Balaban J connectivity index is 1.78. The summed E-state index contributed by atoms with van der Waals surface area (Å²) in [5.74, 6) is 0.561. The molecule has 2 aromatic rings. The van der Waals surface area contributed by atoms with Crippen LogP contribution in [0.3, 0.4) is 0 Å². The first-order valence-electron chi connectivity index (χ1n) is 8.20. The van der Waals surface area contributed by atoms with E-state index < -0.39 is 0 Å². The topological polar surface area (TPSA) is 80.0 Å². The van der Waals surface area contributed by atoms with E-state index in [9.17, 15) is 4.79 Å². The summed E-state index contributed by atoms with van der Waals surface area (Å²) >= 11 is 5.50. The number of ketones is 1. The molecular formula is C19H20N4OS. The maximum absolute atomic E-state index is 12.4. The molecule has 1 aromatic heterocycles. The van der Waals surface area contributed by atoms with Crippen LogP contribution in [0.1, 0.15) is 24.8 Å². The van der Waals surface area contributed by atoms with Crippen molar-refractivity contribution in [2.75, 3.05) is 11.1 Å². The van der Waals surface area contributed by atoms with Gasteiger partial charge in [0.2, 0.25) is 0 Å². The minimum atomic E-state index is 0.0800. The van der Waals surface area contributed by atoms with Crippen molar-refractivity contribution in [1.82, 2.24) is 10.3 Å². The molecule has 6 heteroatoms. The molecule has 5 nitrogen and oxygen atoms in total. The van der Waals surface area contributed by atoms with Crippen LogP contribution in [0.4, 0.5) is 11.5 Å². The van der Waals surface area contributed by atoms with Crippen molar-refractivity contribution in [3.63, 3.8) is 0 Å². The molecular weight excluding hydrogens is 332 g/mol. The molecule has 0 spiro atoms. The van der Waals surface area contributed by atoms with Crippen LogP contribution in [0.25, 0.3) is 0 Å². The normalized spacial score (nSPS) is 14.3. The van der Waals surface area contributed by atoms with Gasteiger partial charge in [-0.15, -0.1) is 0 Å². The first kappa shape index (κ1) is 17.1. The maximum atomic E-state index is 12.4. The van der Waals surface area contributed by atoms with Gasteiger partial charge in [0.05, 0.1) is 5.57 Å². The van der Waals surface area contributed by atoms with Gasteiger partial charge in [-0.1, -0.05) is 30.4 Å². The largest absolute Gasteiger partial charge is 0.384 e. The number of nitrogens with zero attached hydrogens (tertiary/aromatic N) is 1. The summed E-state index contributed by atoms with van der Waals surface area (Å²) in [4.78, 5) is 16.9. The molecule has 0 aliphatic heterocycles. The van der Waals surface area contributed by atoms with E-state index in [1.165, 1.54) is 0 Å². The van der Waals surface area contributed by atoms with Crippen molar-refractivity contribution in [2.24, 2.45) is 0 Å². The number of aromatic nitrogens is 1. The highest BCUT2D eigenvalue weighted by molar-refractivity contribution is 7.81. The van der Waals surface area contributed by atoms with Crippen molar-refractivity contribution >= 4 is 34.5 Å². The van der Waals surface area contributed by atoms with Gasteiger partial charge in [0.15, 0.2) is 5.78 Å². The molecule has 0 fully saturated rings. The number of nitrogens with two attached hydrogens (primary N) is 1. The highest BCUT2D eigenvalue weighted by atomic mass is 32.1. The Kier molecular flexibility index (Phi) is 5.40. The van der Waals surface area contributed by atoms with Crippen molar-refractivity contribution < 1.29 is 4.79 Å². The fourth-order valence-corrected chi connectivity index (χ4v) is 3.17. The lowest BCUT2D eigenvalue weighted by molar-refractivity contribution is -0.115. The number of rotatable bonds is 5. The van der Waals surface area contributed by atoms with Gasteiger partial charge in [0, 0.05) is 30.5 Å². The Morgan fingerprint density at radius 1 is 1.20 bits per heavy atom. The predicted molar refractivity (Wildman–Crippen MR) is 104 cm³/mol. The maximum Gasteiger partial charge on any atom is 0.167 e. The predicted octanol–water partition coefficient (Wildman–Crippen LogP) is 3.20. The number of thiocarbonyl (C=S) groups is 1. The van der Waals surface area contributed by atoms with Gasteiger partial charge in [-0.25, -0.2) is 4.98 Å². The van der Waals surface area contributed by atoms with Crippen molar-refractivity contribution in [3.8, 4) is 0 Å². The van der Waals surface area contributed by atoms with E-state index in [0.717, 1.165) is 29.8 Å². The Bertz CT molecular complexity index is 817. The monoisotopic (exact) mass is 352 g/mol. The Morgan fingerprint density at radius 3 is 2.76 bits per heavy atom. The summed E-state index contributed by atoms with van der Waals surface area (Å²) < 4.78 is 0. The highest BCUT2D eigenvalue weighted by Crippen LogP contribution is 2.23.